The van der Waals surface area contributed by atoms with Crippen LogP contribution in [0.4, 0.5) is 5.69 Å². The third-order valence-corrected chi connectivity index (χ3v) is 4.49. The molecule has 6 nitrogen and oxygen atoms in total. The maximum atomic E-state index is 12.1. The molecular weight excluding hydrogens is 318 g/mol. The molecule has 0 aliphatic heterocycles. The molecule has 1 aliphatic carbocycles. The predicted molar refractivity (Wildman–Crippen MR) is 98.4 cm³/mol. The molecule has 1 aliphatic rings. The monoisotopic (exact) mass is 347 g/mol. The van der Waals surface area contributed by atoms with Crippen molar-refractivity contribution in [2.24, 2.45) is 17.6 Å². The van der Waals surface area contributed by atoms with E-state index < -0.39 is 0 Å². The van der Waals surface area contributed by atoms with Crippen molar-refractivity contribution in [3.63, 3.8) is 0 Å². The van der Waals surface area contributed by atoms with Crippen LogP contribution < -0.4 is 15.8 Å². The Labute approximate surface area is 149 Å². The molecule has 1 fully saturated rings. The fourth-order valence-corrected chi connectivity index (χ4v) is 2.31. The van der Waals surface area contributed by atoms with Crippen LogP contribution >= 0.6 is 0 Å². The quantitative estimate of drug-likeness (QED) is 0.717. The summed E-state index contributed by atoms with van der Waals surface area (Å²) in [6.07, 6.45) is 2.69. The SMILES string of the molecule is CC(C)C(N)CCN(C)C(=O)COc1cccc(NC(=O)C2CC2)c1. The van der Waals surface area contributed by atoms with Gasteiger partial charge in [0.2, 0.25) is 5.91 Å². The first-order chi connectivity index (χ1) is 11.9. The number of ether oxygens (including phenoxy) is 1. The van der Waals surface area contributed by atoms with Gasteiger partial charge >= 0.3 is 0 Å². The third kappa shape index (κ3) is 6.38. The first-order valence-corrected chi connectivity index (χ1v) is 8.90. The van der Waals surface area contributed by atoms with Gasteiger partial charge in [-0.15, -0.1) is 0 Å². The molecule has 1 aromatic carbocycles. The largest absolute Gasteiger partial charge is 0.484 e. The predicted octanol–water partition coefficient (Wildman–Crippen LogP) is 2.25. The summed E-state index contributed by atoms with van der Waals surface area (Å²) >= 11 is 0. The Morgan fingerprint density at radius 1 is 1.36 bits per heavy atom. The fraction of sp³-hybridized carbons (Fsp3) is 0.579. The van der Waals surface area contributed by atoms with Gasteiger partial charge in [0.25, 0.3) is 5.91 Å². The summed E-state index contributed by atoms with van der Waals surface area (Å²) in [5.74, 6) is 1.07. The molecule has 0 heterocycles. The zero-order chi connectivity index (χ0) is 18.4. The minimum atomic E-state index is -0.0941. The molecule has 1 unspecified atom stereocenters. The Kier molecular flexibility index (Phi) is 6.82. The van der Waals surface area contributed by atoms with Crippen molar-refractivity contribution in [1.82, 2.24) is 4.90 Å². The zero-order valence-electron chi connectivity index (χ0n) is 15.3. The average molecular weight is 347 g/mol. The van der Waals surface area contributed by atoms with Gasteiger partial charge in [0.05, 0.1) is 0 Å². The lowest BCUT2D eigenvalue weighted by molar-refractivity contribution is -0.132. The number of nitrogens with one attached hydrogen (secondary N) is 1. The van der Waals surface area contributed by atoms with E-state index in [4.69, 9.17) is 10.5 Å². The van der Waals surface area contributed by atoms with Crippen LogP contribution in [0.1, 0.15) is 33.1 Å². The van der Waals surface area contributed by atoms with E-state index in [1.807, 2.05) is 6.07 Å². The molecule has 138 valence electrons. The number of hydrogen-bond donors (Lipinski definition) is 2. The first kappa shape index (κ1) is 19.2. The van der Waals surface area contributed by atoms with Gasteiger partial charge in [-0.05, 0) is 37.3 Å². The number of carbonyl (C=O) groups excluding carboxylic acids is 2. The highest BCUT2D eigenvalue weighted by atomic mass is 16.5. The molecule has 6 heteroatoms. The number of rotatable bonds is 9. The fourth-order valence-electron chi connectivity index (χ4n) is 2.31. The lowest BCUT2D eigenvalue weighted by Crippen LogP contribution is -2.36. The van der Waals surface area contributed by atoms with Gasteiger partial charge < -0.3 is 20.7 Å². The van der Waals surface area contributed by atoms with Gasteiger partial charge in [0, 0.05) is 37.3 Å². The van der Waals surface area contributed by atoms with Crippen molar-refractivity contribution in [3.8, 4) is 5.75 Å². The summed E-state index contributed by atoms with van der Waals surface area (Å²) in [5, 5.41) is 2.87. The second-order valence-corrected chi connectivity index (χ2v) is 7.09. The van der Waals surface area contributed by atoms with Gasteiger partial charge in [0.1, 0.15) is 5.75 Å². The van der Waals surface area contributed by atoms with E-state index in [9.17, 15) is 9.59 Å². The summed E-state index contributed by atoms with van der Waals surface area (Å²) in [4.78, 5) is 25.6. The molecule has 1 aromatic rings. The second-order valence-electron chi connectivity index (χ2n) is 7.09. The Morgan fingerprint density at radius 3 is 2.72 bits per heavy atom. The number of amides is 2. The van der Waals surface area contributed by atoms with Gasteiger partial charge in [0.15, 0.2) is 6.61 Å². The molecule has 3 N–H and O–H groups in total. The summed E-state index contributed by atoms with van der Waals surface area (Å²) in [7, 11) is 1.75. The Balaban J connectivity index is 1.77. The van der Waals surface area contributed by atoms with Crippen molar-refractivity contribution in [2.75, 3.05) is 25.5 Å². The highest BCUT2D eigenvalue weighted by Crippen LogP contribution is 2.30. The zero-order valence-corrected chi connectivity index (χ0v) is 15.3. The first-order valence-electron chi connectivity index (χ1n) is 8.90. The van der Waals surface area contributed by atoms with E-state index in [1.165, 1.54) is 0 Å². The lowest BCUT2D eigenvalue weighted by atomic mass is 10.0. The van der Waals surface area contributed by atoms with Crippen LogP contribution in [0.25, 0.3) is 0 Å². The molecule has 0 saturated heterocycles. The van der Waals surface area contributed by atoms with E-state index in [-0.39, 0.29) is 30.4 Å². The number of nitrogens with zero attached hydrogens (tertiary/aromatic N) is 1. The van der Waals surface area contributed by atoms with Crippen LogP contribution in [0.2, 0.25) is 0 Å². The Morgan fingerprint density at radius 2 is 2.08 bits per heavy atom. The van der Waals surface area contributed by atoms with Gasteiger partial charge in [-0.1, -0.05) is 19.9 Å². The van der Waals surface area contributed by atoms with Crippen molar-refractivity contribution in [2.45, 2.75) is 39.2 Å². The highest BCUT2D eigenvalue weighted by molar-refractivity contribution is 5.94. The van der Waals surface area contributed by atoms with E-state index in [0.717, 1.165) is 19.3 Å². The number of hydrogen-bond acceptors (Lipinski definition) is 4. The van der Waals surface area contributed by atoms with Gasteiger partial charge in [-0.25, -0.2) is 0 Å². The smallest absolute Gasteiger partial charge is 0.260 e. The van der Waals surface area contributed by atoms with Crippen molar-refractivity contribution in [1.29, 1.82) is 0 Å². The molecule has 2 amide bonds. The molecule has 2 rings (SSSR count). The topological polar surface area (TPSA) is 84.7 Å². The standard InChI is InChI=1S/C19H29N3O3/c1-13(2)17(20)9-10-22(3)18(23)12-25-16-6-4-5-15(11-16)21-19(24)14-7-8-14/h4-6,11,13-14,17H,7-10,12,20H2,1-3H3,(H,21,24). The summed E-state index contributed by atoms with van der Waals surface area (Å²) in [6, 6.07) is 7.21. The number of benzene rings is 1. The van der Waals surface area contributed by atoms with Crippen LogP contribution in [-0.2, 0) is 9.59 Å². The minimum Gasteiger partial charge on any atom is -0.484 e. The van der Waals surface area contributed by atoms with E-state index >= 15 is 0 Å². The van der Waals surface area contributed by atoms with E-state index in [1.54, 1.807) is 30.1 Å². The van der Waals surface area contributed by atoms with Crippen LogP contribution in [0.3, 0.4) is 0 Å². The highest BCUT2D eigenvalue weighted by Gasteiger charge is 2.29. The summed E-state index contributed by atoms with van der Waals surface area (Å²) in [6.45, 7) is 4.72. The normalized spacial score (nSPS) is 14.9. The molecule has 0 aromatic heterocycles. The van der Waals surface area contributed by atoms with Crippen LogP contribution in [0.5, 0.6) is 5.75 Å². The van der Waals surface area contributed by atoms with Crippen LogP contribution in [-0.4, -0.2) is 43.0 Å². The molecular formula is C19H29N3O3. The maximum absolute atomic E-state index is 12.1. The number of likely N-dealkylation sites (N-methyl/N-ethyl adjacent to an activating group) is 1. The molecule has 0 radical (unpaired) electrons. The Hall–Kier alpha value is -2.08. The molecule has 0 bridgehead atoms. The van der Waals surface area contributed by atoms with Crippen molar-refractivity contribution < 1.29 is 14.3 Å². The molecule has 1 atom stereocenters. The van der Waals surface area contributed by atoms with Gasteiger partial charge in [-0.3, -0.25) is 9.59 Å². The van der Waals surface area contributed by atoms with Crippen LogP contribution in [0.15, 0.2) is 24.3 Å². The molecule has 25 heavy (non-hydrogen) atoms. The number of nitrogens with two attached hydrogens (primary N) is 1. The molecule has 0 spiro atoms. The Bertz CT molecular complexity index is 599. The third-order valence-electron chi connectivity index (χ3n) is 4.49. The van der Waals surface area contributed by atoms with Crippen LogP contribution in [0, 0.1) is 11.8 Å². The number of anilines is 1. The average Bonchev–Trinajstić information content (AvgIpc) is 3.42. The summed E-state index contributed by atoms with van der Waals surface area (Å²) in [5.41, 5.74) is 6.70. The van der Waals surface area contributed by atoms with Crippen molar-refractivity contribution in [3.05, 3.63) is 24.3 Å². The number of carbonyl (C=O) groups is 2. The van der Waals surface area contributed by atoms with Crippen molar-refractivity contribution >= 4 is 17.5 Å². The summed E-state index contributed by atoms with van der Waals surface area (Å²) < 4.78 is 5.57. The van der Waals surface area contributed by atoms with Gasteiger partial charge in [-0.2, -0.15) is 0 Å². The lowest BCUT2D eigenvalue weighted by Gasteiger charge is -2.21. The minimum absolute atomic E-state index is 0.0343. The van der Waals surface area contributed by atoms with E-state index in [2.05, 4.69) is 19.2 Å². The second kappa shape index (κ2) is 8.85. The molecule has 1 saturated carbocycles. The maximum Gasteiger partial charge on any atom is 0.260 e. The van der Waals surface area contributed by atoms with E-state index in [0.29, 0.717) is 23.9 Å².